The van der Waals surface area contributed by atoms with Crippen LogP contribution in [0.4, 0.5) is 0 Å². The normalized spacial score (nSPS) is 14.6. The van der Waals surface area contributed by atoms with Crippen molar-refractivity contribution in [2.45, 2.75) is 30.3 Å². The summed E-state index contributed by atoms with van der Waals surface area (Å²) in [6.45, 7) is 0.267. The van der Waals surface area contributed by atoms with E-state index >= 15 is 0 Å². The van der Waals surface area contributed by atoms with Gasteiger partial charge < -0.3 is 14.8 Å². The van der Waals surface area contributed by atoms with Crippen molar-refractivity contribution in [1.29, 1.82) is 0 Å². The van der Waals surface area contributed by atoms with Crippen molar-refractivity contribution >= 4 is 22.6 Å². The van der Waals surface area contributed by atoms with Crippen LogP contribution in [-0.4, -0.2) is 43.0 Å². The molecule has 0 spiro atoms. The molecule has 0 radical (unpaired) electrons. The van der Waals surface area contributed by atoms with Crippen molar-refractivity contribution < 1.29 is 23.2 Å². The Bertz CT molecular complexity index is 834. The van der Waals surface area contributed by atoms with Crippen LogP contribution in [0.5, 0.6) is 5.75 Å². The number of hydrogen-bond donors (Lipinski definition) is 2. The fraction of sp³-hybridized carbons (Fsp3) is 0.294. The number of benzene rings is 2. The summed E-state index contributed by atoms with van der Waals surface area (Å²) in [6.07, 6.45) is 1.66. The minimum atomic E-state index is -3.73. The summed E-state index contributed by atoms with van der Waals surface area (Å²) in [5.41, 5.74) is 1.02. The first-order valence-corrected chi connectivity index (χ1v) is 9.46. The molecule has 0 unspecified atom stereocenters. The highest BCUT2D eigenvalue weighted by molar-refractivity contribution is 7.89. The molecule has 0 atom stereocenters. The molecule has 6 nitrogen and oxygen atoms in total. The van der Waals surface area contributed by atoms with Crippen LogP contribution in [0.25, 0.3) is 0 Å². The highest BCUT2D eigenvalue weighted by Gasteiger charge is 2.38. The zero-order valence-electron chi connectivity index (χ0n) is 13.9. The van der Waals surface area contributed by atoms with Gasteiger partial charge in [-0.3, -0.25) is 0 Å². The summed E-state index contributed by atoms with van der Waals surface area (Å²) in [6, 6.07) is 13.1. The Morgan fingerprint density at radius 1 is 1.16 bits per heavy atom. The molecule has 1 saturated carbocycles. The molecule has 0 saturated heterocycles. The molecule has 1 fully saturated rings. The second-order valence-corrected chi connectivity index (χ2v) is 7.97. The van der Waals surface area contributed by atoms with Gasteiger partial charge in [0, 0.05) is 12.6 Å². The lowest BCUT2D eigenvalue weighted by Crippen LogP contribution is -2.35. The predicted octanol–water partition coefficient (Wildman–Crippen LogP) is 0.728. The van der Waals surface area contributed by atoms with Gasteiger partial charge in [0.15, 0.2) is 0 Å². The highest BCUT2D eigenvalue weighted by atomic mass is 32.2. The van der Waals surface area contributed by atoms with E-state index in [0.29, 0.717) is 5.75 Å². The van der Waals surface area contributed by atoms with Crippen LogP contribution in [0.1, 0.15) is 18.4 Å². The van der Waals surface area contributed by atoms with Gasteiger partial charge in [-0.15, -0.1) is 0 Å². The Labute approximate surface area is 147 Å². The molecule has 0 aliphatic heterocycles. The number of ether oxygens (including phenoxy) is 1. The minimum absolute atomic E-state index is 0.0187. The summed E-state index contributed by atoms with van der Waals surface area (Å²) in [5, 5.41) is 18.6. The van der Waals surface area contributed by atoms with Gasteiger partial charge in [-0.25, -0.2) is 8.42 Å². The Hall–Kier alpha value is -1.87. The molecule has 0 bridgehead atoms. The second-order valence-electron chi connectivity index (χ2n) is 6.08. The highest BCUT2D eigenvalue weighted by Crippen LogP contribution is 2.33. The summed E-state index contributed by atoms with van der Waals surface area (Å²) in [7, 11) is -3.85. The lowest BCUT2D eigenvalue weighted by atomic mass is 9.80. The standard InChI is InChI=1S/C17H20BNO5S/c1-24-16-9-5-13(6-10-16)12-19(15-7-8-15)25(22,23)17-4-2-3-14(11-17)18(20)21/h2-6,9-11,15,20-21H,7-8,12H2,1H3. The van der Waals surface area contributed by atoms with Crippen LogP contribution in [0.2, 0.25) is 0 Å². The number of rotatable bonds is 7. The summed E-state index contributed by atoms with van der Waals surface area (Å²) in [4.78, 5) is 0.0681. The van der Waals surface area contributed by atoms with Gasteiger partial charge in [0.2, 0.25) is 10.0 Å². The van der Waals surface area contributed by atoms with E-state index in [-0.39, 0.29) is 22.9 Å². The van der Waals surface area contributed by atoms with Crippen molar-refractivity contribution in [3.8, 4) is 5.75 Å². The third-order valence-corrected chi connectivity index (χ3v) is 6.11. The molecule has 1 aliphatic rings. The van der Waals surface area contributed by atoms with Crippen LogP contribution < -0.4 is 10.2 Å². The van der Waals surface area contributed by atoms with Gasteiger partial charge >= 0.3 is 7.12 Å². The quantitative estimate of drug-likeness (QED) is 0.710. The van der Waals surface area contributed by atoms with Crippen molar-refractivity contribution in [2.75, 3.05) is 7.11 Å². The molecule has 2 N–H and O–H groups in total. The van der Waals surface area contributed by atoms with Gasteiger partial charge in [0.05, 0.1) is 12.0 Å². The number of methoxy groups -OCH3 is 1. The van der Waals surface area contributed by atoms with Gasteiger partial charge in [-0.05, 0) is 48.1 Å². The molecule has 3 rings (SSSR count). The molecule has 25 heavy (non-hydrogen) atoms. The molecule has 0 aromatic heterocycles. The van der Waals surface area contributed by atoms with Gasteiger partial charge in [-0.1, -0.05) is 24.3 Å². The number of hydrogen-bond acceptors (Lipinski definition) is 5. The Kier molecular flexibility index (Phi) is 5.15. The molecular weight excluding hydrogens is 341 g/mol. The summed E-state index contributed by atoms with van der Waals surface area (Å²) in [5.74, 6) is 0.717. The largest absolute Gasteiger partial charge is 0.497 e. The zero-order valence-corrected chi connectivity index (χ0v) is 14.7. The zero-order chi connectivity index (χ0) is 18.0. The molecular formula is C17H20BNO5S. The monoisotopic (exact) mass is 361 g/mol. The van der Waals surface area contributed by atoms with E-state index in [1.165, 1.54) is 28.6 Å². The molecule has 132 valence electrons. The summed E-state index contributed by atoms with van der Waals surface area (Å²) < 4.78 is 32.7. The third kappa shape index (κ3) is 4.04. The van der Waals surface area contributed by atoms with E-state index in [1.807, 2.05) is 12.1 Å². The molecule has 0 amide bonds. The molecule has 8 heteroatoms. The third-order valence-electron chi connectivity index (χ3n) is 4.21. The van der Waals surface area contributed by atoms with E-state index in [0.717, 1.165) is 18.4 Å². The number of sulfonamides is 1. The smallest absolute Gasteiger partial charge is 0.488 e. The van der Waals surface area contributed by atoms with E-state index in [1.54, 1.807) is 19.2 Å². The Balaban J connectivity index is 1.89. The van der Waals surface area contributed by atoms with Crippen LogP contribution >= 0.6 is 0 Å². The van der Waals surface area contributed by atoms with Crippen LogP contribution in [-0.2, 0) is 16.6 Å². The molecule has 0 heterocycles. The first kappa shape index (κ1) is 17.9. The Morgan fingerprint density at radius 3 is 2.40 bits per heavy atom. The van der Waals surface area contributed by atoms with Crippen LogP contribution in [0, 0.1) is 0 Å². The second kappa shape index (κ2) is 7.17. The van der Waals surface area contributed by atoms with E-state index < -0.39 is 17.1 Å². The van der Waals surface area contributed by atoms with E-state index in [9.17, 15) is 18.5 Å². The first-order valence-electron chi connectivity index (χ1n) is 8.02. The average Bonchev–Trinajstić information content (AvgIpc) is 3.45. The first-order chi connectivity index (χ1) is 11.9. The molecule has 2 aromatic rings. The summed E-state index contributed by atoms with van der Waals surface area (Å²) >= 11 is 0. The number of nitrogens with zero attached hydrogens (tertiary/aromatic N) is 1. The van der Waals surface area contributed by atoms with Gasteiger partial charge in [-0.2, -0.15) is 4.31 Å². The van der Waals surface area contributed by atoms with Crippen molar-refractivity contribution in [3.05, 3.63) is 54.1 Å². The van der Waals surface area contributed by atoms with Gasteiger partial charge in [0.25, 0.3) is 0 Å². The van der Waals surface area contributed by atoms with Crippen molar-refractivity contribution in [2.24, 2.45) is 0 Å². The van der Waals surface area contributed by atoms with Crippen LogP contribution in [0.3, 0.4) is 0 Å². The topological polar surface area (TPSA) is 87.1 Å². The Morgan fingerprint density at radius 2 is 1.84 bits per heavy atom. The van der Waals surface area contributed by atoms with Crippen molar-refractivity contribution in [3.63, 3.8) is 0 Å². The van der Waals surface area contributed by atoms with E-state index in [2.05, 4.69) is 0 Å². The minimum Gasteiger partial charge on any atom is -0.497 e. The van der Waals surface area contributed by atoms with Crippen LogP contribution in [0.15, 0.2) is 53.4 Å². The lowest BCUT2D eigenvalue weighted by molar-refractivity contribution is 0.397. The maximum absolute atomic E-state index is 13.1. The maximum Gasteiger partial charge on any atom is 0.488 e. The lowest BCUT2D eigenvalue weighted by Gasteiger charge is -2.22. The fourth-order valence-electron chi connectivity index (χ4n) is 2.65. The van der Waals surface area contributed by atoms with Gasteiger partial charge in [0.1, 0.15) is 5.75 Å². The fourth-order valence-corrected chi connectivity index (χ4v) is 4.38. The van der Waals surface area contributed by atoms with E-state index in [4.69, 9.17) is 4.74 Å². The average molecular weight is 361 g/mol. The molecule has 2 aromatic carbocycles. The predicted molar refractivity (Wildman–Crippen MR) is 95.0 cm³/mol. The molecule has 1 aliphatic carbocycles. The maximum atomic E-state index is 13.1. The van der Waals surface area contributed by atoms with Crippen molar-refractivity contribution in [1.82, 2.24) is 4.31 Å². The SMILES string of the molecule is COc1ccc(CN(C2CC2)S(=O)(=O)c2cccc(B(O)O)c2)cc1.